The van der Waals surface area contributed by atoms with E-state index >= 15 is 0 Å². The lowest BCUT2D eigenvalue weighted by Gasteiger charge is -2.06. The molecule has 2 rings (SSSR count). The molecule has 100 valence electrons. The molecule has 0 aliphatic rings. The minimum absolute atomic E-state index is 0.0422. The zero-order valence-corrected chi connectivity index (χ0v) is 11.8. The van der Waals surface area contributed by atoms with Crippen molar-refractivity contribution < 1.29 is 4.92 Å². The average Bonchev–Trinajstić information content (AvgIpc) is 2.77. The summed E-state index contributed by atoms with van der Waals surface area (Å²) in [5, 5.41) is 17.9. The van der Waals surface area contributed by atoms with Gasteiger partial charge >= 0.3 is 5.69 Å². The predicted octanol–water partition coefficient (Wildman–Crippen LogP) is 2.14. The molecule has 0 atom stereocenters. The van der Waals surface area contributed by atoms with Crippen LogP contribution in [-0.2, 0) is 13.5 Å². The van der Waals surface area contributed by atoms with E-state index in [1.807, 2.05) is 13.1 Å². The molecule has 0 aromatic carbocycles. The van der Waals surface area contributed by atoms with E-state index in [9.17, 15) is 10.1 Å². The Bertz CT molecular complexity index is 599. The van der Waals surface area contributed by atoms with Crippen molar-refractivity contribution in [2.24, 2.45) is 7.05 Å². The molecule has 2 aromatic heterocycles. The number of anilines is 1. The molecular formula is C11H12BrN5O2. The second-order valence-corrected chi connectivity index (χ2v) is 4.82. The van der Waals surface area contributed by atoms with Crippen LogP contribution in [-0.4, -0.2) is 26.2 Å². The van der Waals surface area contributed by atoms with Crippen molar-refractivity contribution in [3.05, 3.63) is 44.8 Å². The monoisotopic (exact) mass is 325 g/mol. The Morgan fingerprint density at radius 2 is 2.37 bits per heavy atom. The van der Waals surface area contributed by atoms with Gasteiger partial charge in [-0.05, 0) is 22.0 Å². The van der Waals surface area contributed by atoms with Crippen LogP contribution in [0.5, 0.6) is 0 Å². The predicted molar refractivity (Wildman–Crippen MR) is 74.0 cm³/mol. The van der Waals surface area contributed by atoms with Crippen molar-refractivity contribution in [3.63, 3.8) is 0 Å². The SMILES string of the molecule is Cn1nccc1CCNc1ncc(Br)cc1[N+](=O)[O-]. The molecule has 0 saturated carbocycles. The number of pyridine rings is 1. The fourth-order valence-electron chi connectivity index (χ4n) is 1.66. The molecule has 2 heterocycles. The van der Waals surface area contributed by atoms with Crippen LogP contribution in [0, 0.1) is 10.1 Å². The van der Waals surface area contributed by atoms with E-state index in [0.29, 0.717) is 17.4 Å². The molecule has 0 aliphatic carbocycles. The maximum absolute atomic E-state index is 10.9. The quantitative estimate of drug-likeness (QED) is 0.672. The van der Waals surface area contributed by atoms with E-state index in [2.05, 4.69) is 31.3 Å². The first kappa shape index (κ1) is 13.5. The van der Waals surface area contributed by atoms with Gasteiger partial charge in [0.05, 0.1) is 4.92 Å². The lowest BCUT2D eigenvalue weighted by atomic mass is 10.3. The molecule has 0 fully saturated rings. The Morgan fingerprint density at radius 3 is 3.00 bits per heavy atom. The van der Waals surface area contributed by atoms with Gasteiger partial charge in [0.25, 0.3) is 0 Å². The highest BCUT2D eigenvalue weighted by atomic mass is 79.9. The van der Waals surface area contributed by atoms with Gasteiger partial charge in [0, 0.05) is 48.6 Å². The van der Waals surface area contributed by atoms with Crippen LogP contribution >= 0.6 is 15.9 Å². The molecule has 0 bridgehead atoms. The van der Waals surface area contributed by atoms with Gasteiger partial charge in [-0.2, -0.15) is 5.10 Å². The second-order valence-electron chi connectivity index (χ2n) is 3.90. The Hall–Kier alpha value is -1.96. The number of nitrogens with one attached hydrogen (secondary N) is 1. The number of nitrogens with zero attached hydrogens (tertiary/aromatic N) is 4. The number of hydrogen-bond acceptors (Lipinski definition) is 5. The summed E-state index contributed by atoms with van der Waals surface area (Å²) in [6.07, 6.45) is 3.96. The van der Waals surface area contributed by atoms with Crippen LogP contribution in [0.2, 0.25) is 0 Å². The molecule has 8 heteroatoms. The second kappa shape index (κ2) is 5.79. The highest BCUT2D eigenvalue weighted by Gasteiger charge is 2.15. The summed E-state index contributed by atoms with van der Waals surface area (Å²) in [5.74, 6) is 0.273. The summed E-state index contributed by atoms with van der Waals surface area (Å²) in [7, 11) is 1.86. The minimum Gasteiger partial charge on any atom is -0.364 e. The first-order chi connectivity index (χ1) is 9.08. The first-order valence-electron chi connectivity index (χ1n) is 5.58. The van der Waals surface area contributed by atoms with Gasteiger partial charge in [-0.25, -0.2) is 4.98 Å². The summed E-state index contributed by atoms with van der Waals surface area (Å²) in [5.41, 5.74) is 1.01. The fourth-order valence-corrected chi connectivity index (χ4v) is 1.98. The summed E-state index contributed by atoms with van der Waals surface area (Å²) in [6.45, 7) is 0.551. The van der Waals surface area contributed by atoms with Crippen LogP contribution in [0.4, 0.5) is 11.5 Å². The maximum Gasteiger partial charge on any atom is 0.312 e. The van der Waals surface area contributed by atoms with Crippen molar-refractivity contribution in [1.29, 1.82) is 0 Å². The number of nitro groups is 1. The normalized spacial score (nSPS) is 10.4. The number of rotatable bonds is 5. The Labute approximate surface area is 117 Å². The number of halogens is 1. The molecule has 0 amide bonds. The van der Waals surface area contributed by atoms with Crippen molar-refractivity contribution in [3.8, 4) is 0 Å². The number of aromatic nitrogens is 3. The van der Waals surface area contributed by atoms with Gasteiger partial charge in [-0.3, -0.25) is 14.8 Å². The van der Waals surface area contributed by atoms with Crippen LogP contribution in [0.25, 0.3) is 0 Å². The van der Waals surface area contributed by atoms with E-state index < -0.39 is 4.92 Å². The Morgan fingerprint density at radius 1 is 1.58 bits per heavy atom. The molecule has 19 heavy (non-hydrogen) atoms. The largest absolute Gasteiger partial charge is 0.364 e. The zero-order valence-electron chi connectivity index (χ0n) is 10.2. The molecule has 0 aliphatic heterocycles. The molecule has 7 nitrogen and oxygen atoms in total. The summed E-state index contributed by atoms with van der Waals surface area (Å²) in [6, 6.07) is 3.34. The van der Waals surface area contributed by atoms with Gasteiger partial charge < -0.3 is 5.32 Å². The molecule has 0 unspecified atom stereocenters. The first-order valence-corrected chi connectivity index (χ1v) is 6.38. The van der Waals surface area contributed by atoms with Gasteiger partial charge in [-0.15, -0.1) is 0 Å². The smallest absolute Gasteiger partial charge is 0.312 e. The molecule has 2 aromatic rings. The van der Waals surface area contributed by atoms with Crippen molar-refractivity contribution in [2.45, 2.75) is 6.42 Å². The van der Waals surface area contributed by atoms with E-state index in [-0.39, 0.29) is 11.5 Å². The van der Waals surface area contributed by atoms with Gasteiger partial charge in [0.1, 0.15) is 0 Å². The Kier molecular flexibility index (Phi) is 4.10. The third kappa shape index (κ3) is 3.28. The summed E-state index contributed by atoms with van der Waals surface area (Å²) < 4.78 is 2.35. The van der Waals surface area contributed by atoms with Crippen molar-refractivity contribution >= 4 is 27.4 Å². The van der Waals surface area contributed by atoms with Gasteiger partial charge in [0.2, 0.25) is 5.82 Å². The standard InChI is InChI=1S/C11H12BrN5O2/c1-16-9(3-5-15-16)2-4-13-11-10(17(18)19)6-8(12)7-14-11/h3,5-7H,2,4H2,1H3,(H,13,14). The highest BCUT2D eigenvalue weighted by molar-refractivity contribution is 9.10. The van der Waals surface area contributed by atoms with Crippen molar-refractivity contribution in [2.75, 3.05) is 11.9 Å². The highest BCUT2D eigenvalue weighted by Crippen LogP contribution is 2.25. The van der Waals surface area contributed by atoms with Crippen LogP contribution in [0.1, 0.15) is 5.69 Å². The zero-order chi connectivity index (χ0) is 13.8. The fraction of sp³-hybridized carbons (Fsp3) is 0.273. The molecular weight excluding hydrogens is 314 g/mol. The summed E-state index contributed by atoms with van der Waals surface area (Å²) in [4.78, 5) is 14.5. The Balaban J connectivity index is 2.03. The van der Waals surface area contributed by atoms with E-state index in [1.54, 1.807) is 10.9 Å². The van der Waals surface area contributed by atoms with E-state index in [4.69, 9.17) is 0 Å². The van der Waals surface area contributed by atoms with Gasteiger partial charge in [0.15, 0.2) is 0 Å². The van der Waals surface area contributed by atoms with Crippen LogP contribution in [0.15, 0.2) is 29.0 Å². The third-order valence-corrected chi connectivity index (χ3v) is 3.06. The molecule has 0 spiro atoms. The van der Waals surface area contributed by atoms with Crippen LogP contribution < -0.4 is 5.32 Å². The van der Waals surface area contributed by atoms with E-state index in [0.717, 1.165) is 5.69 Å². The maximum atomic E-state index is 10.9. The lowest BCUT2D eigenvalue weighted by molar-refractivity contribution is -0.384. The molecule has 0 radical (unpaired) electrons. The molecule has 0 saturated heterocycles. The topological polar surface area (TPSA) is 85.9 Å². The van der Waals surface area contributed by atoms with Crippen LogP contribution in [0.3, 0.4) is 0 Å². The minimum atomic E-state index is -0.454. The van der Waals surface area contributed by atoms with E-state index in [1.165, 1.54) is 12.3 Å². The molecule has 1 N–H and O–H groups in total. The number of hydrogen-bond donors (Lipinski definition) is 1. The summed E-state index contributed by atoms with van der Waals surface area (Å²) >= 11 is 3.17. The van der Waals surface area contributed by atoms with Crippen molar-refractivity contribution in [1.82, 2.24) is 14.8 Å². The van der Waals surface area contributed by atoms with Gasteiger partial charge in [-0.1, -0.05) is 0 Å². The third-order valence-electron chi connectivity index (χ3n) is 2.63. The lowest BCUT2D eigenvalue weighted by Crippen LogP contribution is -2.10. The average molecular weight is 326 g/mol. The number of aryl methyl sites for hydroxylation is 1.